The van der Waals surface area contributed by atoms with E-state index in [0.717, 1.165) is 31.2 Å². The monoisotopic (exact) mass is 245 g/mol. The molecule has 2 aromatic rings. The Hall–Kier alpha value is -1.97. The Morgan fingerprint density at radius 2 is 2.11 bits per heavy atom. The van der Waals surface area contributed by atoms with Gasteiger partial charge in [-0.05, 0) is 18.6 Å². The van der Waals surface area contributed by atoms with Crippen LogP contribution in [0.3, 0.4) is 0 Å². The number of nitrogens with zero attached hydrogens (tertiary/aromatic N) is 2. The van der Waals surface area contributed by atoms with E-state index >= 15 is 0 Å². The third kappa shape index (κ3) is 3.52. The average molecular weight is 245 g/mol. The van der Waals surface area contributed by atoms with Crippen molar-refractivity contribution in [3.05, 3.63) is 42.7 Å². The van der Waals surface area contributed by atoms with E-state index in [9.17, 15) is 0 Å². The second-order valence-corrected chi connectivity index (χ2v) is 4.03. The van der Waals surface area contributed by atoms with Crippen LogP contribution in [-0.2, 0) is 6.54 Å². The first-order chi connectivity index (χ1) is 8.90. The van der Waals surface area contributed by atoms with Crippen molar-refractivity contribution in [3.63, 3.8) is 0 Å². The SMILES string of the molecule is CCCNc1nccn1CCOc1ccccc1. The summed E-state index contributed by atoms with van der Waals surface area (Å²) in [5, 5.41) is 3.29. The minimum Gasteiger partial charge on any atom is -0.492 e. The van der Waals surface area contributed by atoms with Crippen LogP contribution in [0.4, 0.5) is 5.95 Å². The van der Waals surface area contributed by atoms with Crippen LogP contribution in [0.15, 0.2) is 42.7 Å². The van der Waals surface area contributed by atoms with E-state index in [0.29, 0.717) is 6.61 Å². The summed E-state index contributed by atoms with van der Waals surface area (Å²) in [6.07, 6.45) is 4.86. The van der Waals surface area contributed by atoms with E-state index in [1.807, 2.05) is 36.5 Å². The lowest BCUT2D eigenvalue weighted by atomic mass is 10.3. The number of benzene rings is 1. The summed E-state index contributed by atoms with van der Waals surface area (Å²) in [5.41, 5.74) is 0. The molecule has 0 saturated carbocycles. The van der Waals surface area contributed by atoms with Gasteiger partial charge in [-0.15, -0.1) is 0 Å². The Morgan fingerprint density at radius 3 is 2.89 bits per heavy atom. The van der Waals surface area contributed by atoms with Gasteiger partial charge < -0.3 is 14.6 Å². The first kappa shape index (κ1) is 12.5. The molecule has 4 heteroatoms. The molecule has 0 spiro atoms. The zero-order valence-electron chi connectivity index (χ0n) is 10.7. The molecule has 0 aliphatic heterocycles. The fourth-order valence-corrected chi connectivity index (χ4v) is 1.67. The quantitative estimate of drug-likeness (QED) is 0.815. The lowest BCUT2D eigenvalue weighted by Crippen LogP contribution is -2.12. The van der Waals surface area contributed by atoms with Crippen molar-refractivity contribution in [2.75, 3.05) is 18.5 Å². The lowest BCUT2D eigenvalue weighted by Gasteiger charge is -2.10. The van der Waals surface area contributed by atoms with Gasteiger partial charge in [-0.25, -0.2) is 4.98 Å². The minimum absolute atomic E-state index is 0.640. The molecule has 0 bridgehead atoms. The van der Waals surface area contributed by atoms with Gasteiger partial charge in [-0.2, -0.15) is 0 Å². The highest BCUT2D eigenvalue weighted by Crippen LogP contribution is 2.09. The molecule has 18 heavy (non-hydrogen) atoms. The van der Waals surface area contributed by atoms with Gasteiger partial charge in [0.2, 0.25) is 5.95 Å². The maximum atomic E-state index is 5.66. The van der Waals surface area contributed by atoms with Crippen molar-refractivity contribution in [2.24, 2.45) is 0 Å². The number of ether oxygens (including phenoxy) is 1. The molecule has 0 aliphatic carbocycles. The van der Waals surface area contributed by atoms with Crippen LogP contribution in [0.1, 0.15) is 13.3 Å². The predicted octanol–water partition coefficient (Wildman–Crippen LogP) is 2.78. The standard InChI is InChI=1S/C14H19N3O/c1-2-8-15-14-16-9-10-17(14)11-12-18-13-6-4-3-5-7-13/h3-7,9-10H,2,8,11-12H2,1H3,(H,15,16). The molecule has 0 unspecified atom stereocenters. The molecule has 2 rings (SSSR count). The molecule has 0 aliphatic rings. The van der Waals surface area contributed by atoms with Gasteiger partial charge in [-0.3, -0.25) is 0 Å². The van der Waals surface area contributed by atoms with Crippen LogP contribution in [0.5, 0.6) is 5.75 Å². The zero-order chi connectivity index (χ0) is 12.6. The van der Waals surface area contributed by atoms with Crippen LogP contribution in [-0.4, -0.2) is 22.7 Å². The number of anilines is 1. The molecule has 1 N–H and O–H groups in total. The predicted molar refractivity (Wildman–Crippen MR) is 72.9 cm³/mol. The van der Waals surface area contributed by atoms with Gasteiger partial charge in [-0.1, -0.05) is 25.1 Å². The Balaban J connectivity index is 1.81. The van der Waals surface area contributed by atoms with Gasteiger partial charge in [0.1, 0.15) is 12.4 Å². The third-order valence-electron chi connectivity index (χ3n) is 2.59. The Labute approximate surface area is 108 Å². The number of nitrogens with one attached hydrogen (secondary N) is 1. The molecular formula is C14H19N3O. The average Bonchev–Trinajstić information content (AvgIpc) is 2.85. The van der Waals surface area contributed by atoms with E-state index in [1.54, 1.807) is 6.20 Å². The van der Waals surface area contributed by atoms with Gasteiger partial charge >= 0.3 is 0 Å². The van der Waals surface area contributed by atoms with Crippen LogP contribution in [0.25, 0.3) is 0 Å². The molecule has 96 valence electrons. The number of rotatable bonds is 7. The molecule has 1 heterocycles. The summed E-state index contributed by atoms with van der Waals surface area (Å²) < 4.78 is 7.73. The second kappa shape index (κ2) is 6.69. The highest BCUT2D eigenvalue weighted by atomic mass is 16.5. The van der Waals surface area contributed by atoms with Gasteiger partial charge in [0.15, 0.2) is 0 Å². The van der Waals surface area contributed by atoms with Crippen LogP contribution >= 0.6 is 0 Å². The van der Waals surface area contributed by atoms with E-state index in [-0.39, 0.29) is 0 Å². The molecule has 0 radical (unpaired) electrons. The van der Waals surface area contributed by atoms with Gasteiger partial charge in [0.25, 0.3) is 0 Å². The fraction of sp³-hybridized carbons (Fsp3) is 0.357. The number of para-hydroxylation sites is 1. The molecular weight excluding hydrogens is 226 g/mol. The van der Waals surface area contributed by atoms with E-state index < -0.39 is 0 Å². The van der Waals surface area contributed by atoms with E-state index in [2.05, 4.69) is 21.8 Å². The van der Waals surface area contributed by atoms with Crippen LogP contribution < -0.4 is 10.1 Å². The van der Waals surface area contributed by atoms with Gasteiger partial charge in [0, 0.05) is 18.9 Å². The summed E-state index contributed by atoms with van der Waals surface area (Å²) >= 11 is 0. The third-order valence-corrected chi connectivity index (χ3v) is 2.59. The maximum Gasteiger partial charge on any atom is 0.202 e. The largest absolute Gasteiger partial charge is 0.492 e. The molecule has 0 amide bonds. The van der Waals surface area contributed by atoms with Crippen molar-refractivity contribution in [1.82, 2.24) is 9.55 Å². The van der Waals surface area contributed by atoms with E-state index in [1.165, 1.54) is 0 Å². The number of hydrogen-bond acceptors (Lipinski definition) is 3. The summed E-state index contributed by atoms with van der Waals surface area (Å²) in [7, 11) is 0. The highest BCUT2D eigenvalue weighted by Gasteiger charge is 2.01. The Morgan fingerprint density at radius 1 is 1.28 bits per heavy atom. The number of imidazole rings is 1. The van der Waals surface area contributed by atoms with Crippen molar-refractivity contribution >= 4 is 5.95 Å². The normalized spacial score (nSPS) is 10.3. The molecule has 0 fully saturated rings. The first-order valence-corrected chi connectivity index (χ1v) is 6.33. The molecule has 4 nitrogen and oxygen atoms in total. The Bertz CT molecular complexity index is 453. The molecule has 0 atom stereocenters. The van der Waals surface area contributed by atoms with Gasteiger partial charge in [0.05, 0.1) is 6.54 Å². The van der Waals surface area contributed by atoms with Crippen LogP contribution in [0.2, 0.25) is 0 Å². The smallest absolute Gasteiger partial charge is 0.202 e. The fourth-order valence-electron chi connectivity index (χ4n) is 1.67. The van der Waals surface area contributed by atoms with Crippen molar-refractivity contribution in [2.45, 2.75) is 19.9 Å². The second-order valence-electron chi connectivity index (χ2n) is 4.03. The van der Waals surface area contributed by atoms with E-state index in [4.69, 9.17) is 4.74 Å². The van der Waals surface area contributed by atoms with Crippen molar-refractivity contribution < 1.29 is 4.74 Å². The van der Waals surface area contributed by atoms with Crippen molar-refractivity contribution in [3.8, 4) is 5.75 Å². The van der Waals surface area contributed by atoms with Crippen LogP contribution in [0, 0.1) is 0 Å². The summed E-state index contributed by atoms with van der Waals surface area (Å²) in [5.74, 6) is 1.81. The topological polar surface area (TPSA) is 39.1 Å². The molecule has 1 aromatic heterocycles. The first-order valence-electron chi connectivity index (χ1n) is 6.33. The summed E-state index contributed by atoms with van der Waals surface area (Å²) in [4.78, 5) is 4.28. The lowest BCUT2D eigenvalue weighted by molar-refractivity contribution is 0.299. The highest BCUT2D eigenvalue weighted by molar-refractivity contribution is 5.25. The number of hydrogen-bond donors (Lipinski definition) is 1. The summed E-state index contributed by atoms with van der Waals surface area (Å²) in [6.45, 7) is 4.51. The maximum absolute atomic E-state index is 5.66. The zero-order valence-corrected chi connectivity index (χ0v) is 10.7. The molecule has 1 aromatic carbocycles. The minimum atomic E-state index is 0.640. The molecule has 0 saturated heterocycles. The van der Waals surface area contributed by atoms with Crippen molar-refractivity contribution in [1.29, 1.82) is 0 Å². The number of aromatic nitrogens is 2. The summed E-state index contributed by atoms with van der Waals surface area (Å²) in [6, 6.07) is 9.85. The Kier molecular flexibility index (Phi) is 4.64.